The minimum absolute atomic E-state index is 0.0284. The van der Waals surface area contributed by atoms with Crippen LogP contribution in [0.15, 0.2) is 41.8 Å². The fraction of sp³-hybridized carbons (Fsp3) is 0.312. The molecular weight excluding hydrogens is 319 g/mol. The molecule has 0 spiro atoms. The van der Waals surface area contributed by atoms with Gasteiger partial charge in [0.15, 0.2) is 0 Å². The molecule has 124 valence electrons. The van der Waals surface area contributed by atoms with Gasteiger partial charge in [-0.15, -0.1) is 11.3 Å². The molecule has 0 aliphatic carbocycles. The number of aliphatic hydroxyl groups is 1. The molecule has 5 nitrogen and oxygen atoms in total. The number of ether oxygens (including phenoxy) is 1. The first-order valence-corrected chi connectivity index (χ1v) is 7.99. The first-order chi connectivity index (χ1) is 11.0. The van der Waals surface area contributed by atoms with Gasteiger partial charge in [0.25, 0.3) is 0 Å². The van der Waals surface area contributed by atoms with E-state index in [1.54, 1.807) is 31.2 Å². The summed E-state index contributed by atoms with van der Waals surface area (Å²) in [7, 11) is 0. The average molecular weight is 338 g/mol. The van der Waals surface area contributed by atoms with Crippen molar-refractivity contribution in [3.63, 3.8) is 0 Å². The molecule has 0 radical (unpaired) electrons. The summed E-state index contributed by atoms with van der Waals surface area (Å²) in [5.41, 5.74) is -0.605. The lowest BCUT2D eigenvalue weighted by molar-refractivity contribution is 0.0637. The van der Waals surface area contributed by atoms with E-state index in [9.17, 15) is 14.3 Å². The fourth-order valence-corrected chi connectivity index (χ4v) is 2.71. The van der Waals surface area contributed by atoms with Crippen molar-refractivity contribution in [1.82, 2.24) is 5.32 Å². The molecule has 7 heteroatoms. The van der Waals surface area contributed by atoms with Crippen molar-refractivity contribution in [2.45, 2.75) is 12.5 Å². The second-order valence-electron chi connectivity index (χ2n) is 5.12. The number of nitrogens with one attached hydrogen (secondary N) is 2. The third-order valence-corrected chi connectivity index (χ3v) is 4.21. The minimum Gasteiger partial charge on any atom is -0.491 e. The SMILES string of the molecule is CC(O)(CNC(=O)Nc1cccc(OCCF)c1)c1cccs1. The van der Waals surface area contributed by atoms with Gasteiger partial charge in [0.05, 0.1) is 6.54 Å². The topological polar surface area (TPSA) is 70.6 Å². The van der Waals surface area contributed by atoms with Crippen LogP contribution in [0.1, 0.15) is 11.8 Å². The molecule has 1 heterocycles. The van der Waals surface area contributed by atoms with Gasteiger partial charge >= 0.3 is 6.03 Å². The maximum Gasteiger partial charge on any atom is 0.319 e. The molecule has 1 aromatic heterocycles. The Balaban J connectivity index is 1.87. The first kappa shape index (κ1) is 17.2. The van der Waals surface area contributed by atoms with Gasteiger partial charge < -0.3 is 20.5 Å². The van der Waals surface area contributed by atoms with Gasteiger partial charge in [-0.05, 0) is 30.5 Å². The van der Waals surface area contributed by atoms with Crippen LogP contribution in [0.2, 0.25) is 0 Å². The van der Waals surface area contributed by atoms with Crippen LogP contribution in [0, 0.1) is 0 Å². The fourth-order valence-electron chi connectivity index (χ4n) is 1.92. The van der Waals surface area contributed by atoms with Crippen molar-refractivity contribution >= 4 is 23.1 Å². The lowest BCUT2D eigenvalue weighted by atomic mass is 10.1. The molecule has 0 saturated carbocycles. The van der Waals surface area contributed by atoms with Gasteiger partial charge in [0.2, 0.25) is 0 Å². The standard InChI is InChI=1S/C16H19FN2O3S/c1-16(21,14-6-3-9-23-14)11-18-15(20)19-12-4-2-5-13(10-12)22-8-7-17/h2-6,9-10,21H,7-8,11H2,1H3,(H2,18,19,20). The minimum atomic E-state index is -1.13. The lowest BCUT2D eigenvalue weighted by Gasteiger charge is -2.22. The number of amides is 2. The van der Waals surface area contributed by atoms with Crippen LogP contribution in [0.4, 0.5) is 14.9 Å². The Kier molecular flexibility index (Phi) is 5.95. The molecule has 0 bridgehead atoms. The van der Waals surface area contributed by atoms with Crippen LogP contribution in [-0.4, -0.2) is 31.0 Å². The highest BCUT2D eigenvalue weighted by molar-refractivity contribution is 7.10. The summed E-state index contributed by atoms with van der Waals surface area (Å²) in [5.74, 6) is 0.478. The molecule has 1 atom stereocenters. The number of halogens is 1. The maximum atomic E-state index is 12.1. The zero-order valence-corrected chi connectivity index (χ0v) is 13.5. The average Bonchev–Trinajstić information content (AvgIpc) is 3.07. The summed E-state index contributed by atoms with van der Waals surface area (Å²) in [4.78, 5) is 12.7. The molecule has 2 aromatic rings. The third kappa shape index (κ3) is 5.22. The number of urea groups is 1. The van der Waals surface area contributed by atoms with E-state index in [1.807, 2.05) is 17.5 Å². The smallest absolute Gasteiger partial charge is 0.319 e. The number of thiophene rings is 1. The third-order valence-electron chi connectivity index (χ3n) is 3.08. The molecule has 0 aliphatic rings. The molecule has 0 fully saturated rings. The summed E-state index contributed by atoms with van der Waals surface area (Å²) in [6, 6.07) is 9.90. The van der Waals surface area contributed by atoms with E-state index in [-0.39, 0.29) is 13.2 Å². The number of carbonyl (C=O) groups excluding carboxylic acids is 1. The van der Waals surface area contributed by atoms with E-state index in [0.717, 1.165) is 4.88 Å². The largest absolute Gasteiger partial charge is 0.491 e. The van der Waals surface area contributed by atoms with E-state index in [2.05, 4.69) is 10.6 Å². The molecule has 0 saturated heterocycles. The summed E-state index contributed by atoms with van der Waals surface area (Å²) < 4.78 is 17.2. The predicted octanol–water partition coefficient (Wildman–Crippen LogP) is 3.13. The highest BCUT2D eigenvalue weighted by Crippen LogP contribution is 2.24. The van der Waals surface area contributed by atoms with Crippen LogP contribution in [0.5, 0.6) is 5.75 Å². The number of hydrogen-bond acceptors (Lipinski definition) is 4. The Morgan fingerprint density at radius 1 is 1.39 bits per heavy atom. The molecule has 1 aromatic carbocycles. The highest BCUT2D eigenvalue weighted by atomic mass is 32.1. The van der Waals surface area contributed by atoms with Crippen molar-refractivity contribution in [2.24, 2.45) is 0 Å². The molecule has 2 rings (SSSR count). The highest BCUT2D eigenvalue weighted by Gasteiger charge is 2.24. The van der Waals surface area contributed by atoms with Gasteiger partial charge in [-0.3, -0.25) is 0 Å². The van der Waals surface area contributed by atoms with Gasteiger partial charge in [-0.2, -0.15) is 0 Å². The first-order valence-electron chi connectivity index (χ1n) is 7.11. The zero-order chi connectivity index (χ0) is 16.7. The Bertz CT molecular complexity index is 632. The van der Waals surface area contributed by atoms with Crippen molar-refractivity contribution < 1.29 is 19.0 Å². The summed E-state index contributed by atoms with van der Waals surface area (Å²) in [6.07, 6.45) is 0. The Morgan fingerprint density at radius 3 is 2.91 bits per heavy atom. The molecule has 2 amide bonds. The Morgan fingerprint density at radius 2 is 2.22 bits per heavy atom. The van der Waals surface area contributed by atoms with Crippen molar-refractivity contribution in [2.75, 3.05) is 25.1 Å². The Hall–Kier alpha value is -2.12. The molecule has 23 heavy (non-hydrogen) atoms. The second kappa shape index (κ2) is 7.94. The number of anilines is 1. The van der Waals surface area contributed by atoms with E-state index in [0.29, 0.717) is 11.4 Å². The normalized spacial score (nSPS) is 13.2. The zero-order valence-electron chi connectivity index (χ0n) is 12.7. The van der Waals surface area contributed by atoms with E-state index >= 15 is 0 Å². The molecule has 1 unspecified atom stereocenters. The summed E-state index contributed by atoms with van der Waals surface area (Å²) >= 11 is 1.43. The predicted molar refractivity (Wildman–Crippen MR) is 88.8 cm³/mol. The van der Waals surface area contributed by atoms with Crippen LogP contribution < -0.4 is 15.4 Å². The van der Waals surface area contributed by atoms with Crippen LogP contribution >= 0.6 is 11.3 Å². The number of benzene rings is 1. The summed E-state index contributed by atoms with van der Waals surface area (Å²) in [5, 5.41) is 17.5. The summed E-state index contributed by atoms with van der Waals surface area (Å²) in [6.45, 7) is 1.12. The van der Waals surface area contributed by atoms with Crippen LogP contribution in [-0.2, 0) is 5.60 Å². The van der Waals surface area contributed by atoms with Gasteiger partial charge in [0, 0.05) is 16.6 Å². The van der Waals surface area contributed by atoms with Gasteiger partial charge in [0.1, 0.15) is 24.6 Å². The second-order valence-corrected chi connectivity index (χ2v) is 6.07. The van der Waals surface area contributed by atoms with Crippen LogP contribution in [0.25, 0.3) is 0 Å². The number of rotatable bonds is 7. The molecular formula is C16H19FN2O3S. The number of alkyl halides is 1. The number of hydrogen-bond donors (Lipinski definition) is 3. The lowest BCUT2D eigenvalue weighted by Crippen LogP contribution is -2.40. The quantitative estimate of drug-likeness (QED) is 0.726. The monoisotopic (exact) mass is 338 g/mol. The van der Waals surface area contributed by atoms with E-state index in [1.165, 1.54) is 11.3 Å². The van der Waals surface area contributed by atoms with Crippen molar-refractivity contribution in [1.29, 1.82) is 0 Å². The van der Waals surface area contributed by atoms with Crippen molar-refractivity contribution in [3.05, 3.63) is 46.7 Å². The molecule has 0 aliphatic heterocycles. The maximum absolute atomic E-state index is 12.1. The number of carbonyl (C=O) groups is 1. The van der Waals surface area contributed by atoms with Crippen molar-refractivity contribution in [3.8, 4) is 5.75 Å². The molecule has 3 N–H and O–H groups in total. The van der Waals surface area contributed by atoms with Gasteiger partial charge in [-0.25, -0.2) is 9.18 Å². The van der Waals surface area contributed by atoms with E-state index in [4.69, 9.17) is 4.74 Å². The van der Waals surface area contributed by atoms with Gasteiger partial charge in [-0.1, -0.05) is 12.1 Å². The Labute approximate surface area is 138 Å². The van der Waals surface area contributed by atoms with E-state index < -0.39 is 18.3 Å². The van der Waals surface area contributed by atoms with Crippen LogP contribution in [0.3, 0.4) is 0 Å².